The number of benzene rings is 2. The van der Waals surface area contributed by atoms with Crippen molar-refractivity contribution >= 4 is 16.8 Å². The molecule has 0 bridgehead atoms. The number of amides is 1. The van der Waals surface area contributed by atoms with Gasteiger partial charge in [0.25, 0.3) is 0 Å². The number of hydrogen-bond acceptors (Lipinski definition) is 3. The van der Waals surface area contributed by atoms with Gasteiger partial charge in [-0.15, -0.1) is 0 Å². The molecule has 4 nitrogen and oxygen atoms in total. The Labute approximate surface area is 164 Å². The Morgan fingerprint density at radius 2 is 2.00 bits per heavy atom. The smallest absolute Gasteiger partial charge is 0.237 e. The van der Waals surface area contributed by atoms with Gasteiger partial charge in [0, 0.05) is 24.5 Å². The number of aryl methyl sites for hydroxylation is 1. The molecule has 1 fully saturated rings. The third-order valence-electron chi connectivity index (χ3n) is 5.45. The molecule has 0 unspecified atom stereocenters. The molecule has 1 aliphatic rings. The number of nitrogens with one attached hydrogen (secondary N) is 1. The van der Waals surface area contributed by atoms with Gasteiger partial charge in [-0.3, -0.25) is 9.69 Å². The number of rotatable bonds is 4. The molecule has 144 valence electrons. The van der Waals surface area contributed by atoms with Gasteiger partial charge in [-0.1, -0.05) is 11.6 Å². The average molecular weight is 377 g/mol. The quantitative estimate of drug-likeness (QED) is 0.746. The lowest BCUT2D eigenvalue weighted by Gasteiger charge is -2.24. The Hall–Kier alpha value is -2.79. The van der Waals surface area contributed by atoms with Gasteiger partial charge in [-0.25, -0.2) is 9.37 Å². The minimum absolute atomic E-state index is 0.0606. The molecule has 1 N–H and O–H groups in total. The number of aromatic nitrogens is 1. The van der Waals surface area contributed by atoms with E-state index in [0.717, 1.165) is 47.1 Å². The summed E-state index contributed by atoms with van der Waals surface area (Å²) >= 11 is 0. The second-order valence-electron chi connectivity index (χ2n) is 7.44. The zero-order valence-corrected chi connectivity index (χ0v) is 16.2. The zero-order chi connectivity index (χ0) is 19.7. The standard InChI is InChI=1S/C23H24FN3O/c1-15-5-10-20-17(12-15)13-18(14-27-11-3-4-21(27)23(28)25-2)22(26-20)16-6-8-19(24)9-7-16/h5-10,12-13,21H,3-4,11,14H2,1-2H3,(H,25,28)/t21-/m0/s1. The molecule has 0 spiro atoms. The number of likely N-dealkylation sites (N-methyl/N-ethyl adjacent to an activating group) is 1. The molecule has 2 heterocycles. The topological polar surface area (TPSA) is 45.2 Å². The van der Waals surface area contributed by atoms with E-state index in [-0.39, 0.29) is 17.8 Å². The van der Waals surface area contributed by atoms with E-state index in [2.05, 4.69) is 29.3 Å². The highest BCUT2D eigenvalue weighted by atomic mass is 19.1. The Kier molecular flexibility index (Phi) is 5.09. The molecule has 1 atom stereocenters. The molecule has 5 heteroatoms. The molecule has 28 heavy (non-hydrogen) atoms. The predicted octanol–water partition coefficient (Wildman–Crippen LogP) is 4.06. The van der Waals surface area contributed by atoms with Crippen LogP contribution in [0, 0.1) is 12.7 Å². The van der Waals surface area contributed by atoms with Crippen LogP contribution >= 0.6 is 0 Å². The van der Waals surface area contributed by atoms with Crippen molar-refractivity contribution in [3.8, 4) is 11.3 Å². The van der Waals surface area contributed by atoms with Crippen LogP contribution in [0.25, 0.3) is 22.2 Å². The lowest BCUT2D eigenvalue weighted by molar-refractivity contribution is -0.125. The molecule has 3 aromatic rings. The van der Waals surface area contributed by atoms with Crippen molar-refractivity contribution in [1.29, 1.82) is 0 Å². The number of carbonyl (C=O) groups is 1. The van der Waals surface area contributed by atoms with E-state index in [1.54, 1.807) is 19.2 Å². The van der Waals surface area contributed by atoms with Crippen LogP contribution in [0.2, 0.25) is 0 Å². The normalized spacial score (nSPS) is 17.2. The van der Waals surface area contributed by atoms with Crippen molar-refractivity contribution in [3.63, 3.8) is 0 Å². The predicted molar refractivity (Wildman–Crippen MR) is 109 cm³/mol. The van der Waals surface area contributed by atoms with Crippen LogP contribution in [-0.4, -0.2) is 35.4 Å². The van der Waals surface area contributed by atoms with Crippen LogP contribution in [0.1, 0.15) is 24.0 Å². The lowest BCUT2D eigenvalue weighted by atomic mass is 10.0. The van der Waals surface area contributed by atoms with Crippen LogP contribution in [0.15, 0.2) is 48.5 Å². The van der Waals surface area contributed by atoms with E-state index in [1.807, 2.05) is 12.1 Å². The molecule has 1 saturated heterocycles. The summed E-state index contributed by atoms with van der Waals surface area (Å²) in [6, 6.07) is 14.7. The summed E-state index contributed by atoms with van der Waals surface area (Å²) in [6.07, 6.45) is 1.87. The number of nitrogens with zero attached hydrogens (tertiary/aromatic N) is 2. The number of halogens is 1. The average Bonchev–Trinajstić information content (AvgIpc) is 3.15. The second kappa shape index (κ2) is 7.68. The highest BCUT2D eigenvalue weighted by Gasteiger charge is 2.30. The van der Waals surface area contributed by atoms with Crippen LogP contribution in [0.3, 0.4) is 0 Å². The minimum atomic E-state index is -0.263. The van der Waals surface area contributed by atoms with Crippen LogP contribution in [0.4, 0.5) is 4.39 Å². The zero-order valence-electron chi connectivity index (χ0n) is 16.2. The minimum Gasteiger partial charge on any atom is -0.358 e. The molecule has 1 aromatic heterocycles. The summed E-state index contributed by atoms with van der Waals surface area (Å²) in [7, 11) is 1.68. The largest absolute Gasteiger partial charge is 0.358 e. The van der Waals surface area contributed by atoms with Gasteiger partial charge < -0.3 is 5.32 Å². The number of fused-ring (bicyclic) bond motifs is 1. The van der Waals surface area contributed by atoms with Gasteiger partial charge >= 0.3 is 0 Å². The molecular weight excluding hydrogens is 353 g/mol. The molecule has 1 amide bonds. The maximum absolute atomic E-state index is 13.4. The summed E-state index contributed by atoms with van der Waals surface area (Å²) in [5.41, 5.74) is 4.88. The Bertz CT molecular complexity index is 1020. The van der Waals surface area contributed by atoms with Gasteiger partial charge in [0.2, 0.25) is 5.91 Å². The first-order valence-corrected chi connectivity index (χ1v) is 9.67. The first-order valence-electron chi connectivity index (χ1n) is 9.67. The fourth-order valence-electron chi connectivity index (χ4n) is 4.02. The van der Waals surface area contributed by atoms with E-state index >= 15 is 0 Å². The summed E-state index contributed by atoms with van der Waals surface area (Å²) in [5, 5.41) is 3.85. The fourth-order valence-corrected chi connectivity index (χ4v) is 4.02. The second-order valence-corrected chi connectivity index (χ2v) is 7.44. The molecule has 0 aliphatic carbocycles. The summed E-state index contributed by atoms with van der Waals surface area (Å²) < 4.78 is 13.4. The van der Waals surface area contributed by atoms with Gasteiger partial charge in [0.15, 0.2) is 0 Å². The maximum Gasteiger partial charge on any atom is 0.237 e. The SMILES string of the molecule is CNC(=O)[C@@H]1CCCN1Cc1cc2cc(C)ccc2nc1-c1ccc(F)cc1. The third-order valence-corrected chi connectivity index (χ3v) is 5.45. The van der Waals surface area contributed by atoms with E-state index < -0.39 is 0 Å². The first-order chi connectivity index (χ1) is 13.5. The molecule has 0 saturated carbocycles. The molecule has 4 rings (SSSR count). The van der Waals surface area contributed by atoms with Crippen molar-refractivity contribution in [3.05, 3.63) is 65.5 Å². The highest BCUT2D eigenvalue weighted by molar-refractivity contribution is 5.84. The van der Waals surface area contributed by atoms with Crippen molar-refractivity contribution in [2.24, 2.45) is 0 Å². The van der Waals surface area contributed by atoms with Crippen molar-refractivity contribution < 1.29 is 9.18 Å². The van der Waals surface area contributed by atoms with Crippen LogP contribution < -0.4 is 5.32 Å². The van der Waals surface area contributed by atoms with E-state index in [1.165, 1.54) is 17.7 Å². The van der Waals surface area contributed by atoms with Crippen molar-refractivity contribution in [2.45, 2.75) is 32.4 Å². The number of likely N-dealkylation sites (tertiary alicyclic amines) is 1. The Morgan fingerprint density at radius 3 is 2.75 bits per heavy atom. The van der Waals surface area contributed by atoms with Gasteiger partial charge in [0.05, 0.1) is 17.3 Å². The first kappa shape index (κ1) is 18.6. The van der Waals surface area contributed by atoms with Gasteiger partial charge in [-0.05, 0) is 74.3 Å². The summed E-state index contributed by atoms with van der Waals surface area (Å²) in [4.78, 5) is 19.4. The fraction of sp³-hybridized carbons (Fsp3) is 0.304. The number of hydrogen-bond donors (Lipinski definition) is 1. The number of pyridine rings is 1. The third kappa shape index (κ3) is 3.62. The molecular formula is C23H24FN3O. The molecule has 2 aromatic carbocycles. The van der Waals surface area contributed by atoms with Gasteiger partial charge in [-0.2, -0.15) is 0 Å². The Balaban J connectivity index is 1.79. The summed E-state index contributed by atoms with van der Waals surface area (Å²) in [5.74, 6) is -0.202. The molecule has 1 aliphatic heterocycles. The van der Waals surface area contributed by atoms with Crippen LogP contribution in [0.5, 0.6) is 0 Å². The van der Waals surface area contributed by atoms with Crippen LogP contribution in [-0.2, 0) is 11.3 Å². The lowest BCUT2D eigenvalue weighted by Crippen LogP contribution is -2.41. The maximum atomic E-state index is 13.4. The van der Waals surface area contributed by atoms with E-state index in [0.29, 0.717) is 6.54 Å². The van der Waals surface area contributed by atoms with Gasteiger partial charge in [0.1, 0.15) is 5.82 Å². The van der Waals surface area contributed by atoms with E-state index in [4.69, 9.17) is 4.98 Å². The summed E-state index contributed by atoms with van der Waals surface area (Å²) in [6.45, 7) is 3.59. The number of carbonyl (C=O) groups excluding carboxylic acids is 1. The van der Waals surface area contributed by atoms with Crippen molar-refractivity contribution in [1.82, 2.24) is 15.2 Å². The van der Waals surface area contributed by atoms with Crippen molar-refractivity contribution in [2.75, 3.05) is 13.6 Å². The van der Waals surface area contributed by atoms with E-state index in [9.17, 15) is 9.18 Å². The monoisotopic (exact) mass is 377 g/mol. The highest BCUT2D eigenvalue weighted by Crippen LogP contribution is 2.30. The Morgan fingerprint density at radius 1 is 1.21 bits per heavy atom. The molecule has 0 radical (unpaired) electrons.